The number of nitrogens with zero attached hydrogens (tertiary/aromatic N) is 3. The lowest BCUT2D eigenvalue weighted by Crippen LogP contribution is -2.35. The first-order chi connectivity index (χ1) is 22.1. The average molecular weight is 629 g/mol. The van der Waals surface area contributed by atoms with Gasteiger partial charge in [0.2, 0.25) is 5.52 Å². The molecule has 0 bridgehead atoms. The first-order valence-electron chi connectivity index (χ1n) is 15.7. The molecule has 7 heteroatoms. The highest BCUT2D eigenvalue weighted by molar-refractivity contribution is 7.19. The van der Waals surface area contributed by atoms with Crippen molar-refractivity contribution in [2.75, 3.05) is 4.90 Å². The molecule has 0 radical (unpaired) electrons. The van der Waals surface area contributed by atoms with E-state index in [-0.39, 0.29) is 12.2 Å². The van der Waals surface area contributed by atoms with Gasteiger partial charge in [-0.2, -0.15) is 4.57 Å². The Morgan fingerprint density at radius 3 is 2.49 bits per heavy atom. The number of hydrogen-bond donors (Lipinski definition) is 1. The maximum atomic E-state index is 14.1. The second kappa shape index (κ2) is 11.6. The number of para-hydroxylation sites is 2. The Balaban J connectivity index is 1.26. The highest BCUT2D eigenvalue weighted by atomic mass is 32.1. The van der Waals surface area contributed by atoms with Crippen LogP contribution in [0.4, 0.5) is 11.4 Å². The van der Waals surface area contributed by atoms with Gasteiger partial charge in [-0.05, 0) is 85.0 Å². The molecule has 224 valence electrons. The van der Waals surface area contributed by atoms with Crippen LogP contribution in [0.3, 0.4) is 0 Å². The van der Waals surface area contributed by atoms with Crippen LogP contribution in [0.25, 0.3) is 28.1 Å². The van der Waals surface area contributed by atoms with Crippen molar-refractivity contribution in [2.45, 2.75) is 51.3 Å². The van der Waals surface area contributed by atoms with Crippen LogP contribution in [-0.2, 0) is 13.2 Å². The molecular formula is C38H34N3O2S2+. The number of thiazole rings is 2. The topological polar surface area (TPSA) is 49.4 Å². The van der Waals surface area contributed by atoms with Crippen LogP contribution in [-0.4, -0.2) is 15.7 Å². The molecule has 2 aromatic heterocycles. The third kappa shape index (κ3) is 4.86. The van der Waals surface area contributed by atoms with E-state index >= 15 is 0 Å². The summed E-state index contributed by atoms with van der Waals surface area (Å²) in [5.41, 5.74) is 7.90. The van der Waals surface area contributed by atoms with E-state index in [1.807, 2.05) is 47.0 Å². The summed E-state index contributed by atoms with van der Waals surface area (Å²) in [6, 6.07) is 33.9. The highest BCUT2D eigenvalue weighted by Crippen LogP contribution is 2.52. The molecule has 1 saturated carbocycles. The summed E-state index contributed by atoms with van der Waals surface area (Å²) in [4.78, 5) is 16.6. The number of hydrogen-bond acceptors (Lipinski definition) is 5. The molecule has 3 heterocycles. The van der Waals surface area contributed by atoms with Crippen LogP contribution >= 0.6 is 22.7 Å². The standard InChI is InChI=1S/C38H34N3O2S2/c1-2-39-33-12-6-7-14-34(33)44-36(39)23-37-41(27-9-4-3-5-10-27)38(43)35(45-37)22-26-17-20-32-30(21-26)29-11-8-13-31(29)40(32)28-18-15-25(24-42)16-19-28/h3-7,9-10,12,14-23,29,31,42H,2,8,11,13,24H2,1H3/q+1/b35-22+. The smallest absolute Gasteiger partial charge is 0.273 e. The molecule has 4 aromatic carbocycles. The van der Waals surface area contributed by atoms with Gasteiger partial charge >= 0.3 is 0 Å². The predicted molar refractivity (Wildman–Crippen MR) is 185 cm³/mol. The quantitative estimate of drug-likeness (QED) is 0.219. The Labute approximate surface area is 269 Å². The minimum Gasteiger partial charge on any atom is -0.392 e. The fourth-order valence-corrected chi connectivity index (χ4v) is 9.51. The average Bonchev–Trinajstić information content (AvgIpc) is 3.83. The molecule has 8 rings (SSSR count). The molecule has 1 fully saturated rings. The monoisotopic (exact) mass is 628 g/mol. The van der Waals surface area contributed by atoms with Gasteiger partial charge in [0.15, 0.2) is 0 Å². The van der Waals surface area contributed by atoms with Crippen LogP contribution in [0.15, 0.2) is 102 Å². The summed E-state index contributed by atoms with van der Waals surface area (Å²) in [6.07, 6.45) is 7.82. The fourth-order valence-electron chi connectivity index (χ4n) is 7.23. The molecule has 6 aromatic rings. The molecule has 5 nitrogen and oxygen atoms in total. The molecular weight excluding hydrogens is 595 g/mol. The first kappa shape index (κ1) is 28.2. The molecule has 2 unspecified atom stereocenters. The zero-order valence-electron chi connectivity index (χ0n) is 25.1. The minimum atomic E-state index is 0.00597. The van der Waals surface area contributed by atoms with Gasteiger partial charge in [0.1, 0.15) is 15.9 Å². The molecule has 2 atom stereocenters. The van der Waals surface area contributed by atoms with E-state index in [0.717, 1.165) is 37.6 Å². The Bertz CT molecular complexity index is 2210. The van der Waals surface area contributed by atoms with Crippen LogP contribution in [0.1, 0.15) is 53.8 Å². The largest absolute Gasteiger partial charge is 0.392 e. The maximum Gasteiger partial charge on any atom is 0.273 e. The molecule has 45 heavy (non-hydrogen) atoms. The molecule has 0 amide bonds. The van der Waals surface area contributed by atoms with Crippen molar-refractivity contribution >= 4 is 56.4 Å². The van der Waals surface area contributed by atoms with Gasteiger partial charge in [0, 0.05) is 29.4 Å². The van der Waals surface area contributed by atoms with Gasteiger partial charge in [-0.15, -0.1) is 11.3 Å². The van der Waals surface area contributed by atoms with Gasteiger partial charge in [-0.1, -0.05) is 66.3 Å². The van der Waals surface area contributed by atoms with Gasteiger partial charge in [-0.25, -0.2) is 0 Å². The van der Waals surface area contributed by atoms with Crippen LogP contribution in [0, 0.1) is 0 Å². The summed E-state index contributed by atoms with van der Waals surface area (Å²) >= 11 is 3.32. The van der Waals surface area contributed by atoms with Gasteiger partial charge in [-0.3, -0.25) is 9.36 Å². The predicted octanol–water partition coefficient (Wildman–Crippen LogP) is 6.36. The van der Waals surface area contributed by atoms with E-state index < -0.39 is 0 Å². The van der Waals surface area contributed by atoms with Crippen LogP contribution in [0.2, 0.25) is 0 Å². The van der Waals surface area contributed by atoms with Crippen LogP contribution < -0.4 is 24.2 Å². The number of aromatic nitrogens is 2. The fraction of sp³-hybridized carbons (Fsp3) is 0.211. The SMILES string of the molecule is CC[n+]1c(/C=c2\s/c(=C/c3ccc4c(c3)C3CCCC3N4c3ccc(CO)cc3)c(=O)n2-c2ccccc2)sc2ccccc21. The van der Waals surface area contributed by atoms with Gasteiger partial charge < -0.3 is 10.0 Å². The van der Waals surface area contributed by atoms with Crippen molar-refractivity contribution in [1.82, 2.24) is 4.57 Å². The minimum absolute atomic E-state index is 0.00597. The Morgan fingerprint density at radius 2 is 1.69 bits per heavy atom. The number of anilines is 2. The van der Waals surface area contributed by atoms with E-state index in [0.29, 0.717) is 12.0 Å². The summed E-state index contributed by atoms with van der Waals surface area (Å²) in [5, 5.41) is 10.7. The van der Waals surface area contributed by atoms with Gasteiger partial charge in [0.25, 0.3) is 10.6 Å². The Morgan fingerprint density at radius 1 is 0.889 bits per heavy atom. The number of benzene rings is 4. The molecule has 1 N–H and O–H groups in total. The number of aliphatic hydroxyl groups excluding tert-OH is 1. The summed E-state index contributed by atoms with van der Waals surface area (Å²) < 4.78 is 7.07. The maximum absolute atomic E-state index is 14.1. The second-order valence-electron chi connectivity index (χ2n) is 11.8. The van der Waals surface area contributed by atoms with Gasteiger partial charge in [0.05, 0.1) is 22.9 Å². The number of fused-ring (bicyclic) bond motifs is 4. The Hall–Kier alpha value is -4.30. The lowest BCUT2D eigenvalue weighted by molar-refractivity contribution is -0.665. The lowest BCUT2D eigenvalue weighted by atomic mass is 9.96. The molecule has 0 saturated heterocycles. The number of aliphatic hydroxyl groups is 1. The van der Waals surface area contributed by atoms with E-state index in [4.69, 9.17) is 0 Å². The van der Waals surface area contributed by atoms with Crippen molar-refractivity contribution in [3.8, 4) is 5.69 Å². The third-order valence-electron chi connectivity index (χ3n) is 9.28. The summed E-state index contributed by atoms with van der Waals surface area (Å²) in [7, 11) is 0. The van der Waals surface area contributed by atoms with Crippen molar-refractivity contribution < 1.29 is 9.67 Å². The van der Waals surface area contributed by atoms with E-state index in [9.17, 15) is 9.90 Å². The molecule has 1 aliphatic heterocycles. The zero-order chi connectivity index (χ0) is 30.5. The van der Waals surface area contributed by atoms with Crippen molar-refractivity contribution in [2.24, 2.45) is 0 Å². The lowest BCUT2D eigenvalue weighted by Gasteiger charge is -2.27. The number of aryl methyl sites for hydroxylation is 1. The number of rotatable bonds is 6. The molecule has 0 spiro atoms. The third-order valence-corrected chi connectivity index (χ3v) is 11.4. The second-order valence-corrected chi connectivity index (χ2v) is 14.0. The van der Waals surface area contributed by atoms with E-state index in [1.165, 1.54) is 46.4 Å². The first-order valence-corrected chi connectivity index (χ1v) is 17.3. The highest BCUT2D eigenvalue weighted by Gasteiger charge is 2.42. The molecule has 2 aliphatic rings. The van der Waals surface area contributed by atoms with Crippen molar-refractivity contribution in [3.05, 3.63) is 138 Å². The Kier molecular flexibility index (Phi) is 7.25. The normalized spacial score (nSPS) is 18.2. The van der Waals surface area contributed by atoms with E-state index in [2.05, 4.69) is 83.1 Å². The molecule has 1 aliphatic carbocycles. The van der Waals surface area contributed by atoms with Crippen molar-refractivity contribution in [3.63, 3.8) is 0 Å². The van der Waals surface area contributed by atoms with Crippen molar-refractivity contribution in [1.29, 1.82) is 0 Å². The summed E-state index contributed by atoms with van der Waals surface area (Å²) in [5.74, 6) is 0.483. The van der Waals surface area contributed by atoms with Crippen LogP contribution in [0.5, 0.6) is 0 Å². The van der Waals surface area contributed by atoms with E-state index in [1.54, 1.807) is 22.7 Å². The zero-order valence-corrected chi connectivity index (χ0v) is 26.7. The summed E-state index contributed by atoms with van der Waals surface area (Å²) in [6.45, 7) is 3.08.